The molecule has 0 aromatic carbocycles. The lowest BCUT2D eigenvalue weighted by atomic mass is 10.0. The van der Waals surface area contributed by atoms with Gasteiger partial charge in [0.25, 0.3) is 0 Å². The van der Waals surface area contributed by atoms with E-state index in [1.807, 2.05) is 0 Å². The summed E-state index contributed by atoms with van der Waals surface area (Å²) in [6, 6.07) is 0. The van der Waals surface area contributed by atoms with E-state index in [1.165, 1.54) is 0 Å². The molecular weight excluding hydrogens is 160 g/mol. The van der Waals surface area contributed by atoms with Gasteiger partial charge in [0.15, 0.2) is 0 Å². The van der Waals surface area contributed by atoms with Crippen LogP contribution in [0, 0.1) is 5.92 Å². The molecule has 1 aliphatic carbocycles. The Kier molecular flexibility index (Phi) is 1.56. The molecule has 0 bridgehead atoms. The lowest BCUT2D eigenvalue weighted by Crippen LogP contribution is -2.44. The van der Waals surface area contributed by atoms with Crippen molar-refractivity contribution in [3.63, 3.8) is 0 Å². The summed E-state index contributed by atoms with van der Waals surface area (Å²) in [5.74, 6) is -0.286. The zero-order valence-electron chi connectivity index (χ0n) is 6.60. The minimum Gasteiger partial charge on any atom is -0.394 e. The topological polar surface area (TPSA) is 69.9 Å². The fourth-order valence-electron chi connectivity index (χ4n) is 1.95. The third-order valence-corrected chi connectivity index (χ3v) is 2.81. The average molecular weight is 172 g/mol. The molecule has 2 aliphatic rings. The van der Waals surface area contributed by atoms with Crippen LogP contribution in [0.25, 0.3) is 0 Å². The highest BCUT2D eigenvalue weighted by Gasteiger charge is 2.67. The van der Waals surface area contributed by atoms with Gasteiger partial charge in [0.1, 0.15) is 11.7 Å². The first-order chi connectivity index (χ1) is 5.62. The number of aliphatic hydroxyl groups is 3. The zero-order chi connectivity index (χ0) is 8.93. The predicted molar refractivity (Wildman–Crippen MR) is 40.4 cm³/mol. The second-order valence-corrected chi connectivity index (χ2v) is 3.40. The second kappa shape index (κ2) is 2.29. The van der Waals surface area contributed by atoms with E-state index in [0.29, 0.717) is 5.57 Å². The van der Waals surface area contributed by atoms with Crippen LogP contribution in [0.5, 0.6) is 0 Å². The Morgan fingerprint density at radius 2 is 2.33 bits per heavy atom. The highest BCUT2D eigenvalue weighted by molar-refractivity contribution is 5.43. The van der Waals surface area contributed by atoms with Crippen LogP contribution in [0.2, 0.25) is 0 Å². The van der Waals surface area contributed by atoms with E-state index in [1.54, 1.807) is 0 Å². The van der Waals surface area contributed by atoms with E-state index in [0.717, 1.165) is 0 Å². The summed E-state index contributed by atoms with van der Waals surface area (Å²) in [7, 11) is 0. The summed E-state index contributed by atoms with van der Waals surface area (Å²) < 4.78 is 5.11. The van der Waals surface area contributed by atoms with Crippen molar-refractivity contribution < 1.29 is 20.1 Å². The van der Waals surface area contributed by atoms with Crippen molar-refractivity contribution in [3.8, 4) is 0 Å². The van der Waals surface area contributed by atoms with Gasteiger partial charge in [0, 0.05) is 5.92 Å². The maximum atomic E-state index is 9.75. The number of ether oxygens (including phenoxy) is 1. The van der Waals surface area contributed by atoms with Crippen LogP contribution in [-0.2, 0) is 4.74 Å². The highest BCUT2D eigenvalue weighted by atomic mass is 16.5. The fourth-order valence-corrected chi connectivity index (χ4v) is 1.95. The van der Waals surface area contributed by atoms with Crippen molar-refractivity contribution in [3.05, 3.63) is 12.2 Å². The smallest absolute Gasteiger partial charge is 0.123 e. The van der Waals surface area contributed by atoms with Gasteiger partial charge in [-0.1, -0.05) is 6.58 Å². The Morgan fingerprint density at radius 3 is 2.92 bits per heavy atom. The molecule has 3 unspecified atom stereocenters. The lowest BCUT2D eigenvalue weighted by molar-refractivity contribution is -0.137. The first kappa shape index (κ1) is 8.19. The number of aliphatic hydroxyl groups excluding tert-OH is 2. The van der Waals surface area contributed by atoms with Crippen molar-refractivity contribution in [1.29, 1.82) is 0 Å². The molecule has 3 N–H and O–H groups in total. The largest absolute Gasteiger partial charge is 0.394 e. The molecule has 68 valence electrons. The summed E-state index contributed by atoms with van der Waals surface area (Å²) in [5, 5.41) is 27.9. The van der Waals surface area contributed by atoms with Gasteiger partial charge in [0.05, 0.1) is 19.3 Å². The molecule has 1 aliphatic heterocycles. The van der Waals surface area contributed by atoms with Gasteiger partial charge in [-0.3, -0.25) is 0 Å². The molecule has 1 saturated carbocycles. The van der Waals surface area contributed by atoms with Crippen LogP contribution >= 0.6 is 0 Å². The van der Waals surface area contributed by atoms with Crippen LogP contribution < -0.4 is 0 Å². The third-order valence-electron chi connectivity index (χ3n) is 2.81. The molecule has 12 heavy (non-hydrogen) atoms. The molecule has 0 radical (unpaired) electrons. The average Bonchev–Trinajstić information content (AvgIpc) is 2.60. The summed E-state index contributed by atoms with van der Waals surface area (Å²) in [4.78, 5) is 0. The summed E-state index contributed by atoms with van der Waals surface area (Å²) in [5.41, 5.74) is -0.613. The van der Waals surface area contributed by atoms with Gasteiger partial charge < -0.3 is 20.1 Å². The first-order valence-corrected chi connectivity index (χ1v) is 3.94. The maximum Gasteiger partial charge on any atom is 0.123 e. The van der Waals surface area contributed by atoms with Crippen LogP contribution in [-0.4, -0.2) is 46.3 Å². The van der Waals surface area contributed by atoms with Crippen molar-refractivity contribution in [1.82, 2.24) is 0 Å². The van der Waals surface area contributed by atoms with Crippen LogP contribution in [0.3, 0.4) is 0 Å². The van der Waals surface area contributed by atoms with E-state index in [-0.39, 0.29) is 19.1 Å². The van der Waals surface area contributed by atoms with E-state index < -0.39 is 17.8 Å². The lowest BCUT2D eigenvalue weighted by Gasteiger charge is -2.27. The molecule has 0 spiro atoms. The number of fused-ring (bicyclic) bond motifs is 1. The molecule has 0 aromatic heterocycles. The molecule has 2 rings (SSSR count). The van der Waals surface area contributed by atoms with Crippen molar-refractivity contribution >= 4 is 0 Å². The molecule has 1 saturated heterocycles. The van der Waals surface area contributed by atoms with Crippen molar-refractivity contribution in [2.24, 2.45) is 5.92 Å². The molecule has 4 atom stereocenters. The van der Waals surface area contributed by atoms with Gasteiger partial charge in [-0.15, -0.1) is 0 Å². The van der Waals surface area contributed by atoms with Crippen molar-refractivity contribution in [2.45, 2.75) is 17.8 Å². The second-order valence-electron chi connectivity index (χ2n) is 3.40. The van der Waals surface area contributed by atoms with Gasteiger partial charge in [-0.2, -0.15) is 0 Å². The van der Waals surface area contributed by atoms with Gasteiger partial charge in [-0.05, 0) is 5.57 Å². The van der Waals surface area contributed by atoms with E-state index in [2.05, 4.69) is 6.58 Å². The minimum atomic E-state index is -1.19. The van der Waals surface area contributed by atoms with Crippen LogP contribution in [0.15, 0.2) is 12.2 Å². The van der Waals surface area contributed by atoms with Crippen molar-refractivity contribution in [2.75, 3.05) is 13.2 Å². The summed E-state index contributed by atoms with van der Waals surface area (Å²) in [6.07, 6.45) is -1.29. The highest BCUT2D eigenvalue weighted by Crippen LogP contribution is 2.56. The first-order valence-electron chi connectivity index (χ1n) is 3.94. The Balaban J connectivity index is 2.20. The molecule has 4 nitrogen and oxygen atoms in total. The maximum absolute atomic E-state index is 9.75. The predicted octanol–water partition coefficient (Wildman–Crippen LogP) is -1.34. The summed E-state index contributed by atoms with van der Waals surface area (Å²) >= 11 is 0. The molecule has 0 aromatic rings. The van der Waals surface area contributed by atoms with Gasteiger partial charge in [0.2, 0.25) is 0 Å². The number of hydrogen-bond donors (Lipinski definition) is 3. The monoisotopic (exact) mass is 172 g/mol. The van der Waals surface area contributed by atoms with Crippen LogP contribution in [0.4, 0.5) is 0 Å². The molecule has 4 heteroatoms. The van der Waals surface area contributed by atoms with Crippen LogP contribution in [0.1, 0.15) is 0 Å². The minimum absolute atomic E-state index is 0.0667. The van der Waals surface area contributed by atoms with E-state index >= 15 is 0 Å². The summed E-state index contributed by atoms with van der Waals surface area (Å²) in [6.45, 7) is 3.56. The molecule has 2 fully saturated rings. The third kappa shape index (κ3) is 0.754. The Bertz CT molecular complexity index is 227. The molecular formula is C8H12O4. The number of rotatable bonds is 1. The standard InChI is InChI=1S/C8H12O4/c1-4-7-5(2-9)12-3-6(10)8(4,7)11/h5-7,9-11H,1-3H2/t5?,6?,7?,8-/m0/s1. The van der Waals surface area contributed by atoms with E-state index in [4.69, 9.17) is 9.84 Å². The molecule has 0 amide bonds. The normalized spacial score (nSPS) is 51.9. The van der Waals surface area contributed by atoms with E-state index in [9.17, 15) is 10.2 Å². The fraction of sp³-hybridized carbons (Fsp3) is 0.750. The van der Waals surface area contributed by atoms with Gasteiger partial charge >= 0.3 is 0 Å². The Labute approximate surface area is 70.1 Å². The molecule has 1 heterocycles. The Morgan fingerprint density at radius 1 is 1.67 bits per heavy atom. The Hall–Kier alpha value is -0.420. The number of hydrogen-bond acceptors (Lipinski definition) is 4. The SMILES string of the molecule is C=C1C2C(CO)OCC(O)[C@@]12O. The van der Waals surface area contributed by atoms with Gasteiger partial charge in [-0.25, -0.2) is 0 Å². The quantitative estimate of drug-likeness (QED) is 0.428. The zero-order valence-corrected chi connectivity index (χ0v) is 6.60.